The molecule has 0 atom stereocenters. The van der Waals surface area contributed by atoms with E-state index in [0.717, 1.165) is 79.0 Å². The quantitative estimate of drug-likeness (QED) is 0.264. The first kappa shape index (κ1) is 26.5. The van der Waals surface area contributed by atoms with Gasteiger partial charge in [0, 0.05) is 40.0 Å². The van der Waals surface area contributed by atoms with E-state index >= 15 is 0 Å². The maximum Gasteiger partial charge on any atom is 0.262 e. The van der Waals surface area contributed by atoms with Crippen LogP contribution in [0.3, 0.4) is 0 Å². The van der Waals surface area contributed by atoms with Crippen molar-refractivity contribution in [1.82, 2.24) is 15.3 Å². The Hall–Kier alpha value is -3.06. The van der Waals surface area contributed by atoms with Crippen LogP contribution in [0.4, 0.5) is 5.82 Å². The third kappa shape index (κ3) is 5.83. The molecule has 0 bridgehead atoms. The average molecular weight is 637 g/mol. The number of nitrogens with one attached hydrogen (secondary N) is 1. The number of carbonyl (C=O) groups excluding carboxylic acids is 1. The molecule has 38 heavy (non-hydrogen) atoms. The average Bonchev–Trinajstić information content (AvgIpc) is 3.43. The van der Waals surface area contributed by atoms with E-state index in [1.54, 1.807) is 6.20 Å². The number of hydrogen-bond donors (Lipinski definition) is 1. The summed E-state index contributed by atoms with van der Waals surface area (Å²) >= 11 is 6.82. The van der Waals surface area contributed by atoms with Gasteiger partial charge in [0.15, 0.2) is 0 Å². The van der Waals surface area contributed by atoms with Crippen molar-refractivity contribution in [3.8, 4) is 17.2 Å². The van der Waals surface area contributed by atoms with Gasteiger partial charge in [-0.25, -0.2) is 4.98 Å². The van der Waals surface area contributed by atoms with Gasteiger partial charge in [0.25, 0.3) is 5.91 Å². The Morgan fingerprint density at radius 1 is 1.03 bits per heavy atom. The molecule has 0 unspecified atom stereocenters. The Balaban J connectivity index is 1.34. The van der Waals surface area contributed by atoms with Gasteiger partial charge in [0.1, 0.15) is 17.5 Å². The first-order valence-electron chi connectivity index (χ1n) is 12.6. The summed E-state index contributed by atoms with van der Waals surface area (Å²) in [5, 5.41) is 13.0. The fraction of sp³-hybridized carbons (Fsp3) is 0.310. The molecule has 0 radical (unpaired) electrons. The number of nitrogens with zero attached hydrogens (tertiary/aromatic N) is 4. The molecular formula is C29H27Br2N5O2. The molecule has 3 heterocycles. The predicted octanol–water partition coefficient (Wildman–Crippen LogP) is 6.00. The van der Waals surface area contributed by atoms with Crippen molar-refractivity contribution in [1.29, 1.82) is 5.26 Å². The minimum Gasteiger partial charge on any atom is -0.378 e. The molecule has 0 spiro atoms. The minimum atomic E-state index is -0.506. The molecule has 9 heteroatoms. The zero-order valence-corrected chi connectivity index (χ0v) is 24.0. The molecule has 1 saturated carbocycles. The Morgan fingerprint density at radius 3 is 2.37 bits per heavy atom. The SMILES string of the molecule is N#C/C(=C\c1ncc(Br)cc1Br)C(=O)NC1(c2ccc(-c3ccc(N4CCOCC4)nc3)cc2)CCCC1. The number of ether oxygens (including phenoxy) is 1. The Bertz CT molecular complexity index is 1370. The summed E-state index contributed by atoms with van der Waals surface area (Å²) in [6, 6.07) is 16.4. The molecule has 2 fully saturated rings. The van der Waals surface area contributed by atoms with E-state index < -0.39 is 11.4 Å². The Kier molecular flexibility index (Phi) is 8.22. The van der Waals surface area contributed by atoms with Crippen LogP contribution in [0, 0.1) is 11.3 Å². The zero-order valence-electron chi connectivity index (χ0n) is 20.8. The largest absolute Gasteiger partial charge is 0.378 e. The van der Waals surface area contributed by atoms with Crippen molar-refractivity contribution in [3.05, 3.63) is 80.6 Å². The summed E-state index contributed by atoms with van der Waals surface area (Å²) in [6.45, 7) is 3.17. The van der Waals surface area contributed by atoms with Gasteiger partial charge in [-0.3, -0.25) is 9.78 Å². The molecule has 7 nitrogen and oxygen atoms in total. The number of benzene rings is 1. The van der Waals surface area contributed by atoms with Crippen molar-refractivity contribution in [2.75, 3.05) is 31.2 Å². The first-order valence-corrected chi connectivity index (χ1v) is 14.2. The lowest BCUT2D eigenvalue weighted by Crippen LogP contribution is -2.44. The highest BCUT2D eigenvalue weighted by Crippen LogP contribution is 2.40. The van der Waals surface area contributed by atoms with Crippen LogP contribution < -0.4 is 10.2 Å². The van der Waals surface area contributed by atoms with Crippen molar-refractivity contribution < 1.29 is 9.53 Å². The molecule has 1 amide bonds. The molecular weight excluding hydrogens is 610 g/mol. The molecule has 3 aromatic rings. The van der Waals surface area contributed by atoms with Crippen LogP contribution in [0.1, 0.15) is 36.9 Å². The van der Waals surface area contributed by atoms with Crippen LogP contribution in [-0.2, 0) is 15.1 Å². The summed E-state index contributed by atoms with van der Waals surface area (Å²) < 4.78 is 6.94. The molecule has 1 aliphatic carbocycles. The smallest absolute Gasteiger partial charge is 0.262 e. The van der Waals surface area contributed by atoms with Crippen LogP contribution >= 0.6 is 31.9 Å². The van der Waals surface area contributed by atoms with Gasteiger partial charge < -0.3 is 15.0 Å². The second-order valence-corrected chi connectivity index (χ2v) is 11.3. The number of carbonyl (C=O) groups is 1. The van der Waals surface area contributed by atoms with Gasteiger partial charge in [-0.05, 0) is 80.1 Å². The normalized spacial score (nSPS) is 17.2. The lowest BCUT2D eigenvalue weighted by molar-refractivity contribution is -0.119. The molecule has 194 valence electrons. The number of anilines is 1. The highest BCUT2D eigenvalue weighted by atomic mass is 79.9. The van der Waals surface area contributed by atoms with E-state index in [2.05, 4.69) is 94.5 Å². The number of aromatic nitrogens is 2. The lowest BCUT2D eigenvalue weighted by Gasteiger charge is -2.31. The van der Waals surface area contributed by atoms with Crippen molar-refractivity contribution in [2.24, 2.45) is 0 Å². The fourth-order valence-electron chi connectivity index (χ4n) is 5.08. The van der Waals surface area contributed by atoms with Gasteiger partial charge in [0.05, 0.1) is 24.4 Å². The second-order valence-electron chi connectivity index (χ2n) is 9.52. The van der Waals surface area contributed by atoms with Crippen LogP contribution in [0.15, 0.2) is 69.4 Å². The summed E-state index contributed by atoms with van der Waals surface area (Å²) in [4.78, 5) is 24.5. The maximum atomic E-state index is 13.3. The third-order valence-corrected chi connectivity index (χ3v) is 8.21. The van der Waals surface area contributed by atoms with Crippen LogP contribution in [0.2, 0.25) is 0 Å². The van der Waals surface area contributed by atoms with Crippen molar-refractivity contribution in [3.63, 3.8) is 0 Å². The number of hydrogen-bond acceptors (Lipinski definition) is 6. The fourth-order valence-corrected chi connectivity index (χ4v) is 6.19. The van der Waals surface area contributed by atoms with E-state index in [0.29, 0.717) is 10.2 Å². The zero-order chi connectivity index (χ0) is 26.5. The molecule has 2 aromatic heterocycles. The number of pyridine rings is 2. The van der Waals surface area contributed by atoms with Crippen LogP contribution in [-0.4, -0.2) is 42.2 Å². The summed E-state index contributed by atoms with van der Waals surface area (Å²) in [7, 11) is 0. The van der Waals surface area contributed by atoms with E-state index in [1.807, 2.05) is 12.3 Å². The monoisotopic (exact) mass is 635 g/mol. The van der Waals surface area contributed by atoms with Crippen molar-refractivity contribution in [2.45, 2.75) is 31.2 Å². The summed E-state index contributed by atoms with van der Waals surface area (Å²) in [5.41, 5.74) is 3.20. The summed E-state index contributed by atoms with van der Waals surface area (Å²) in [5.74, 6) is 0.575. The van der Waals surface area contributed by atoms with Gasteiger partial charge in [-0.15, -0.1) is 0 Å². The molecule has 1 aromatic carbocycles. The Labute approximate surface area is 239 Å². The number of amides is 1. The minimum absolute atomic E-state index is 0.0230. The standard InChI is InChI=1S/C29H27Br2N5O2/c30-24-16-25(31)26(33-19-24)15-22(17-32)28(37)35-29(9-1-2-10-29)23-6-3-20(4-7-23)21-5-8-27(34-18-21)36-11-13-38-14-12-36/h3-8,15-16,18-19H,1-2,9-14H2,(H,35,37)/b22-15+. The molecule has 1 N–H and O–H groups in total. The predicted molar refractivity (Wildman–Crippen MR) is 154 cm³/mol. The molecule has 1 aliphatic heterocycles. The molecule has 2 aliphatic rings. The molecule has 1 saturated heterocycles. The van der Waals surface area contributed by atoms with Crippen LogP contribution in [0.5, 0.6) is 0 Å². The van der Waals surface area contributed by atoms with E-state index in [9.17, 15) is 10.1 Å². The topological polar surface area (TPSA) is 91.1 Å². The van der Waals surface area contributed by atoms with E-state index in [4.69, 9.17) is 4.74 Å². The molecule has 5 rings (SSSR count). The van der Waals surface area contributed by atoms with Gasteiger partial charge in [0.2, 0.25) is 0 Å². The highest BCUT2D eigenvalue weighted by molar-refractivity contribution is 9.11. The van der Waals surface area contributed by atoms with Gasteiger partial charge in [-0.2, -0.15) is 5.26 Å². The number of rotatable bonds is 6. The number of halogens is 2. The first-order chi connectivity index (χ1) is 18.5. The van der Waals surface area contributed by atoms with E-state index in [-0.39, 0.29) is 5.57 Å². The summed E-state index contributed by atoms with van der Waals surface area (Å²) in [6.07, 6.45) is 8.74. The third-order valence-electron chi connectivity index (χ3n) is 7.15. The van der Waals surface area contributed by atoms with E-state index in [1.165, 1.54) is 6.08 Å². The number of nitriles is 1. The number of morpholine rings is 1. The van der Waals surface area contributed by atoms with Crippen molar-refractivity contribution >= 4 is 49.7 Å². The Morgan fingerprint density at radius 2 is 1.74 bits per heavy atom. The van der Waals surface area contributed by atoms with Gasteiger partial charge >= 0.3 is 0 Å². The highest BCUT2D eigenvalue weighted by Gasteiger charge is 2.37. The lowest BCUT2D eigenvalue weighted by atomic mass is 9.86. The maximum absolute atomic E-state index is 13.3. The van der Waals surface area contributed by atoms with Crippen LogP contribution in [0.25, 0.3) is 17.2 Å². The van der Waals surface area contributed by atoms with Gasteiger partial charge in [-0.1, -0.05) is 37.1 Å². The second kappa shape index (κ2) is 11.8.